The number of hydrogen-bond donors (Lipinski definition) is 0. The predicted molar refractivity (Wildman–Crippen MR) is 149 cm³/mol. The van der Waals surface area contributed by atoms with Crippen LogP contribution in [0.4, 0.5) is 0 Å². The van der Waals surface area contributed by atoms with Crippen molar-refractivity contribution in [3.05, 3.63) is 24.2 Å². The summed E-state index contributed by atoms with van der Waals surface area (Å²) >= 11 is 0. The Bertz CT molecular complexity index is 639. The minimum atomic E-state index is -1.95. The zero-order chi connectivity index (χ0) is 25.3. The van der Waals surface area contributed by atoms with Crippen LogP contribution in [0.1, 0.15) is 118 Å². The van der Waals surface area contributed by atoms with Gasteiger partial charge in [-0.3, -0.25) is 0 Å². The Kier molecular flexibility index (Phi) is 12.2. The van der Waals surface area contributed by atoms with Gasteiger partial charge in [0.05, 0.1) is 6.26 Å². The van der Waals surface area contributed by atoms with Crippen LogP contribution in [0, 0.1) is 0 Å². The van der Waals surface area contributed by atoms with Gasteiger partial charge in [-0.05, 0) is 54.8 Å². The molecule has 2 atom stereocenters. The van der Waals surface area contributed by atoms with Gasteiger partial charge in [-0.2, -0.15) is 0 Å². The van der Waals surface area contributed by atoms with Gasteiger partial charge in [0, 0.05) is 12.5 Å². The molecule has 0 saturated carbocycles. The highest BCUT2D eigenvalue weighted by atomic mass is 28.4. The van der Waals surface area contributed by atoms with Crippen LogP contribution in [0.15, 0.2) is 22.8 Å². The third-order valence-electron chi connectivity index (χ3n) is 7.98. The maximum Gasteiger partial charge on any atom is 0.193 e. The SMILES string of the molecule is CCCCCCCCC[C@@H](C[C@@H](O[Si](C)(C)C(C)(C)C)c1ccco1)O[Si](C)(C)C(C)(C)C. The van der Waals surface area contributed by atoms with E-state index in [-0.39, 0.29) is 22.3 Å². The fourth-order valence-electron chi connectivity index (χ4n) is 3.62. The van der Waals surface area contributed by atoms with Crippen molar-refractivity contribution in [3.8, 4) is 0 Å². The Labute approximate surface area is 208 Å². The molecule has 1 rings (SSSR count). The Morgan fingerprint density at radius 3 is 1.79 bits per heavy atom. The molecule has 1 aromatic heterocycles. The molecular weight excluding hydrogens is 440 g/mol. The third-order valence-corrected chi connectivity index (χ3v) is 17.0. The molecule has 0 aliphatic heterocycles. The molecule has 33 heavy (non-hydrogen) atoms. The molecule has 0 bridgehead atoms. The monoisotopic (exact) mass is 496 g/mol. The van der Waals surface area contributed by atoms with E-state index in [0.29, 0.717) is 0 Å². The van der Waals surface area contributed by atoms with E-state index in [1.54, 1.807) is 6.26 Å². The van der Waals surface area contributed by atoms with Crippen LogP contribution in [0.2, 0.25) is 36.3 Å². The van der Waals surface area contributed by atoms with Crippen molar-refractivity contribution in [3.63, 3.8) is 0 Å². The highest BCUT2D eigenvalue weighted by Gasteiger charge is 2.42. The van der Waals surface area contributed by atoms with Gasteiger partial charge in [-0.15, -0.1) is 0 Å². The minimum Gasteiger partial charge on any atom is -0.467 e. The smallest absolute Gasteiger partial charge is 0.193 e. The molecule has 0 N–H and O–H groups in total. The van der Waals surface area contributed by atoms with E-state index >= 15 is 0 Å². The molecule has 0 unspecified atom stereocenters. The normalized spacial score (nSPS) is 15.6. The minimum absolute atomic E-state index is 0.0415. The van der Waals surface area contributed by atoms with Crippen LogP contribution in [-0.2, 0) is 8.85 Å². The van der Waals surface area contributed by atoms with E-state index in [9.17, 15) is 0 Å². The second kappa shape index (κ2) is 13.1. The zero-order valence-electron chi connectivity index (χ0n) is 24.0. The largest absolute Gasteiger partial charge is 0.467 e. The van der Waals surface area contributed by atoms with Gasteiger partial charge in [0.1, 0.15) is 11.9 Å². The molecule has 3 nitrogen and oxygen atoms in total. The Balaban J connectivity index is 2.97. The van der Waals surface area contributed by atoms with Crippen molar-refractivity contribution in [1.29, 1.82) is 0 Å². The summed E-state index contributed by atoms with van der Waals surface area (Å²) in [6.45, 7) is 25.6. The molecule has 0 fully saturated rings. The van der Waals surface area contributed by atoms with E-state index in [1.165, 1.54) is 44.9 Å². The van der Waals surface area contributed by atoms with E-state index in [1.807, 2.05) is 6.07 Å². The van der Waals surface area contributed by atoms with E-state index in [0.717, 1.165) is 18.6 Å². The van der Waals surface area contributed by atoms with E-state index in [2.05, 4.69) is 80.7 Å². The van der Waals surface area contributed by atoms with Crippen molar-refractivity contribution >= 4 is 16.6 Å². The summed E-state index contributed by atoms with van der Waals surface area (Å²) in [5.41, 5.74) is 0. The average molecular weight is 497 g/mol. The Morgan fingerprint density at radius 2 is 1.30 bits per heavy atom. The molecular formula is C28H56O3Si2. The predicted octanol–water partition coefficient (Wildman–Crippen LogP) is 10.3. The standard InChI is InChI=1S/C28H56O3Si2/c1-12-13-14-15-16-17-18-20-24(30-32(8,9)27(2,3)4)23-26(25-21-19-22-29-25)31-33(10,11)28(5,6)7/h19,21-22,24,26H,12-18,20,23H2,1-11H3/t24-,26+/m0/s1. The Morgan fingerprint density at radius 1 is 0.788 bits per heavy atom. The first-order chi connectivity index (χ1) is 15.1. The van der Waals surface area contributed by atoms with Crippen LogP contribution in [-0.4, -0.2) is 22.7 Å². The molecule has 0 amide bonds. The lowest BCUT2D eigenvalue weighted by atomic mass is 10.0. The van der Waals surface area contributed by atoms with Gasteiger partial charge in [0.2, 0.25) is 0 Å². The molecule has 0 aromatic carbocycles. The highest BCUT2D eigenvalue weighted by molar-refractivity contribution is 6.74. The van der Waals surface area contributed by atoms with Crippen LogP contribution >= 0.6 is 0 Å². The van der Waals surface area contributed by atoms with Crippen molar-refractivity contribution in [1.82, 2.24) is 0 Å². The highest BCUT2D eigenvalue weighted by Crippen LogP contribution is 2.43. The van der Waals surface area contributed by atoms with E-state index in [4.69, 9.17) is 13.3 Å². The molecule has 0 aliphatic rings. The van der Waals surface area contributed by atoms with Gasteiger partial charge in [-0.25, -0.2) is 0 Å². The first-order valence-electron chi connectivity index (χ1n) is 13.5. The molecule has 194 valence electrons. The first kappa shape index (κ1) is 30.7. The zero-order valence-corrected chi connectivity index (χ0v) is 26.0. The lowest BCUT2D eigenvalue weighted by molar-refractivity contribution is 0.0733. The summed E-state index contributed by atoms with van der Waals surface area (Å²) in [6.07, 6.45) is 13.2. The molecule has 1 aromatic rings. The first-order valence-corrected chi connectivity index (χ1v) is 19.3. The lowest BCUT2D eigenvalue weighted by Crippen LogP contribution is -2.45. The van der Waals surface area contributed by atoms with Gasteiger partial charge < -0.3 is 13.3 Å². The van der Waals surface area contributed by atoms with Gasteiger partial charge in [0.25, 0.3) is 0 Å². The second-order valence-corrected chi connectivity index (χ2v) is 22.5. The van der Waals surface area contributed by atoms with Crippen molar-refractivity contribution in [2.24, 2.45) is 0 Å². The number of furan rings is 1. The van der Waals surface area contributed by atoms with E-state index < -0.39 is 16.6 Å². The lowest BCUT2D eigenvalue weighted by Gasteiger charge is -2.42. The maximum atomic E-state index is 7.01. The van der Waals surface area contributed by atoms with Crippen molar-refractivity contribution < 1.29 is 13.3 Å². The number of rotatable bonds is 15. The molecule has 0 spiro atoms. The summed E-state index contributed by atoms with van der Waals surface area (Å²) in [4.78, 5) is 0. The maximum absolute atomic E-state index is 7.01. The molecule has 0 saturated heterocycles. The topological polar surface area (TPSA) is 31.6 Å². The summed E-state index contributed by atoms with van der Waals surface area (Å²) < 4.78 is 19.8. The van der Waals surface area contributed by atoms with Crippen LogP contribution in [0.5, 0.6) is 0 Å². The quantitative estimate of drug-likeness (QED) is 0.179. The summed E-state index contributed by atoms with van der Waals surface area (Å²) in [6, 6.07) is 4.06. The third kappa shape index (κ3) is 10.4. The molecule has 0 radical (unpaired) electrons. The second-order valence-electron chi connectivity index (χ2n) is 13.0. The number of unbranched alkanes of at least 4 members (excludes halogenated alkanes) is 6. The van der Waals surface area contributed by atoms with Crippen LogP contribution < -0.4 is 0 Å². The van der Waals surface area contributed by atoms with Gasteiger partial charge in [0.15, 0.2) is 16.6 Å². The summed E-state index contributed by atoms with van der Waals surface area (Å²) in [5, 5.41) is 0.359. The van der Waals surface area contributed by atoms with Crippen molar-refractivity contribution in [2.75, 3.05) is 0 Å². The Hall–Kier alpha value is -0.366. The average Bonchev–Trinajstić information content (AvgIpc) is 3.19. The molecule has 5 heteroatoms. The molecule has 0 aliphatic carbocycles. The van der Waals surface area contributed by atoms with Gasteiger partial charge in [-0.1, -0.05) is 93.4 Å². The van der Waals surface area contributed by atoms with Crippen LogP contribution in [0.25, 0.3) is 0 Å². The number of hydrogen-bond acceptors (Lipinski definition) is 3. The molecule has 1 heterocycles. The van der Waals surface area contributed by atoms with Crippen molar-refractivity contribution in [2.45, 2.75) is 155 Å². The fraction of sp³-hybridized carbons (Fsp3) is 0.857. The summed E-state index contributed by atoms with van der Waals surface area (Å²) in [5.74, 6) is 0.947. The summed E-state index contributed by atoms with van der Waals surface area (Å²) in [7, 11) is -3.82. The van der Waals surface area contributed by atoms with Crippen LogP contribution in [0.3, 0.4) is 0 Å². The van der Waals surface area contributed by atoms with Gasteiger partial charge >= 0.3 is 0 Å². The fourth-order valence-corrected chi connectivity index (χ4v) is 6.29.